The van der Waals surface area contributed by atoms with Crippen molar-refractivity contribution in [1.29, 1.82) is 0 Å². The summed E-state index contributed by atoms with van der Waals surface area (Å²) in [5.74, 6) is -3.11. The molecule has 0 aromatic heterocycles. The molecule has 1 atom stereocenters. The molecule has 0 bridgehead atoms. The fourth-order valence-corrected chi connectivity index (χ4v) is 7.02. The third kappa shape index (κ3) is 3.63. The predicted octanol–water partition coefficient (Wildman–Crippen LogP) is 5.13. The van der Waals surface area contributed by atoms with Crippen LogP contribution in [-0.2, 0) is 19.2 Å². The van der Waals surface area contributed by atoms with Crippen LogP contribution in [0, 0.1) is 5.41 Å². The standard InChI is InChI=1S/C32H32N2O5/c1-31(2)18-23-25(24(35)19-31)32(30(39)33(23)21-14-8-4-9-15-21)26(27(36)20-12-6-3-7-13-20)28(37)29(38)34(32)22-16-10-5-11-17-22/h3,5-7,10-13,16-17,21,36H,4,8-9,14-15,18-19H2,1-2H3/b27-26-. The minimum atomic E-state index is -2.06. The van der Waals surface area contributed by atoms with Crippen molar-refractivity contribution in [3.05, 3.63) is 83.1 Å². The van der Waals surface area contributed by atoms with Gasteiger partial charge < -0.3 is 10.0 Å². The highest BCUT2D eigenvalue weighted by Crippen LogP contribution is 2.56. The number of allylic oxidation sites excluding steroid dienone is 1. The van der Waals surface area contributed by atoms with Crippen LogP contribution in [0.4, 0.5) is 5.69 Å². The van der Waals surface area contributed by atoms with E-state index in [1.54, 1.807) is 65.6 Å². The number of benzene rings is 2. The summed E-state index contributed by atoms with van der Waals surface area (Å²) in [7, 11) is 0. The van der Waals surface area contributed by atoms with Gasteiger partial charge in [0.15, 0.2) is 11.3 Å². The number of fused-ring (bicyclic) bond motifs is 1. The molecule has 39 heavy (non-hydrogen) atoms. The number of carbonyl (C=O) groups excluding carboxylic acids is 4. The van der Waals surface area contributed by atoms with Crippen molar-refractivity contribution in [1.82, 2.24) is 4.90 Å². The van der Waals surface area contributed by atoms with Gasteiger partial charge in [-0.2, -0.15) is 0 Å². The first-order valence-corrected chi connectivity index (χ1v) is 13.7. The molecule has 1 unspecified atom stereocenters. The van der Waals surface area contributed by atoms with Crippen molar-refractivity contribution in [2.75, 3.05) is 4.90 Å². The van der Waals surface area contributed by atoms with Crippen LogP contribution in [0.25, 0.3) is 5.76 Å². The van der Waals surface area contributed by atoms with Gasteiger partial charge in [-0.05, 0) is 36.8 Å². The molecule has 2 aromatic rings. The zero-order chi connectivity index (χ0) is 27.5. The van der Waals surface area contributed by atoms with Crippen LogP contribution in [0.1, 0.15) is 64.4 Å². The maximum atomic E-state index is 15.0. The molecular weight excluding hydrogens is 492 g/mol. The summed E-state index contributed by atoms with van der Waals surface area (Å²) >= 11 is 0. The number of rotatable bonds is 3. The lowest BCUT2D eigenvalue weighted by Gasteiger charge is -2.38. The van der Waals surface area contributed by atoms with Gasteiger partial charge in [-0.1, -0.05) is 81.6 Å². The number of ketones is 2. The highest BCUT2D eigenvalue weighted by molar-refractivity contribution is 6.56. The van der Waals surface area contributed by atoms with Gasteiger partial charge in [0.05, 0.1) is 11.1 Å². The van der Waals surface area contributed by atoms with Gasteiger partial charge in [-0.15, -0.1) is 0 Å². The lowest BCUT2D eigenvalue weighted by atomic mass is 9.70. The van der Waals surface area contributed by atoms with E-state index in [-0.39, 0.29) is 29.4 Å². The van der Waals surface area contributed by atoms with Gasteiger partial charge >= 0.3 is 5.91 Å². The molecule has 1 saturated heterocycles. The smallest absolute Gasteiger partial charge is 0.300 e. The average Bonchev–Trinajstić information content (AvgIpc) is 3.31. The Balaban J connectivity index is 1.71. The van der Waals surface area contributed by atoms with Crippen LogP contribution in [0.15, 0.2) is 77.5 Å². The molecule has 1 N–H and O–H groups in total. The molecule has 1 spiro atoms. The summed E-state index contributed by atoms with van der Waals surface area (Å²) in [6.07, 6.45) is 5.19. The third-order valence-corrected chi connectivity index (χ3v) is 8.59. The Bertz CT molecular complexity index is 1450. The third-order valence-electron chi connectivity index (χ3n) is 8.59. The summed E-state index contributed by atoms with van der Waals surface area (Å²) < 4.78 is 0. The van der Waals surface area contributed by atoms with E-state index in [0.29, 0.717) is 23.4 Å². The lowest BCUT2D eigenvalue weighted by molar-refractivity contribution is -0.134. The highest BCUT2D eigenvalue weighted by Gasteiger charge is 2.71. The summed E-state index contributed by atoms with van der Waals surface area (Å²) in [5, 5.41) is 11.7. The van der Waals surface area contributed by atoms with E-state index >= 15 is 4.79 Å². The number of Topliss-reactive ketones (excluding diaryl/α,β-unsaturated/α-hetero) is 2. The molecule has 2 aliphatic carbocycles. The first kappa shape index (κ1) is 25.3. The van der Waals surface area contributed by atoms with Crippen LogP contribution in [0.2, 0.25) is 0 Å². The first-order chi connectivity index (χ1) is 18.7. The van der Waals surface area contributed by atoms with E-state index in [1.165, 1.54) is 4.90 Å². The molecular formula is C32H32N2O5. The van der Waals surface area contributed by atoms with Crippen LogP contribution < -0.4 is 4.90 Å². The van der Waals surface area contributed by atoms with Crippen molar-refractivity contribution >= 4 is 34.8 Å². The molecule has 2 amide bonds. The summed E-state index contributed by atoms with van der Waals surface area (Å²) in [6.45, 7) is 4.00. The number of hydrogen-bond acceptors (Lipinski definition) is 5. The summed E-state index contributed by atoms with van der Waals surface area (Å²) in [5.41, 5.74) is -1.40. The van der Waals surface area contributed by atoms with Crippen molar-refractivity contribution in [3.8, 4) is 0 Å². The molecule has 1 saturated carbocycles. The van der Waals surface area contributed by atoms with Crippen molar-refractivity contribution in [2.45, 2.75) is 70.4 Å². The molecule has 0 radical (unpaired) electrons. The fourth-order valence-electron chi connectivity index (χ4n) is 7.02. The van der Waals surface area contributed by atoms with Gasteiger partial charge in [0.1, 0.15) is 5.76 Å². The summed E-state index contributed by atoms with van der Waals surface area (Å²) in [6, 6.07) is 16.8. The van der Waals surface area contributed by atoms with Crippen LogP contribution in [0.3, 0.4) is 0 Å². The Hall–Kier alpha value is -4.00. The minimum absolute atomic E-state index is 0.138. The van der Waals surface area contributed by atoms with E-state index in [4.69, 9.17) is 0 Å². The monoisotopic (exact) mass is 524 g/mol. The van der Waals surface area contributed by atoms with Gasteiger partial charge in [-0.25, -0.2) is 0 Å². The Morgan fingerprint density at radius 2 is 1.46 bits per heavy atom. The van der Waals surface area contributed by atoms with E-state index in [2.05, 4.69) is 0 Å². The zero-order valence-corrected chi connectivity index (χ0v) is 22.3. The SMILES string of the molecule is CC1(C)CC(=O)C2=C(C1)N(C1CCCCC1)C(=O)C21/C(=C(\O)c2ccccc2)C(=O)C(=O)N1c1ccccc1. The number of nitrogens with zero attached hydrogens (tertiary/aromatic N) is 2. The fraction of sp³-hybridized carbons (Fsp3) is 0.375. The molecule has 200 valence electrons. The van der Waals surface area contributed by atoms with E-state index < -0.39 is 34.3 Å². The number of anilines is 1. The number of para-hydroxylation sites is 1. The molecule has 2 aromatic carbocycles. The Kier molecular flexibility index (Phi) is 5.86. The van der Waals surface area contributed by atoms with E-state index in [9.17, 15) is 19.5 Å². The molecule has 2 fully saturated rings. The van der Waals surface area contributed by atoms with Gasteiger partial charge in [0, 0.05) is 29.4 Å². The molecule has 2 aliphatic heterocycles. The molecule has 2 heterocycles. The Morgan fingerprint density at radius 3 is 2.10 bits per heavy atom. The molecule has 4 aliphatic rings. The topological polar surface area (TPSA) is 95.0 Å². The van der Waals surface area contributed by atoms with Crippen LogP contribution >= 0.6 is 0 Å². The van der Waals surface area contributed by atoms with Crippen molar-refractivity contribution in [2.24, 2.45) is 5.41 Å². The molecule has 7 nitrogen and oxygen atoms in total. The number of carbonyl (C=O) groups is 4. The minimum Gasteiger partial charge on any atom is -0.507 e. The number of amides is 2. The normalized spacial score (nSPS) is 26.6. The maximum absolute atomic E-state index is 15.0. The van der Waals surface area contributed by atoms with Crippen LogP contribution in [-0.4, -0.2) is 45.0 Å². The highest BCUT2D eigenvalue weighted by atomic mass is 16.3. The van der Waals surface area contributed by atoms with Crippen LogP contribution in [0.5, 0.6) is 0 Å². The Morgan fingerprint density at radius 1 is 0.846 bits per heavy atom. The largest absolute Gasteiger partial charge is 0.507 e. The quantitative estimate of drug-likeness (QED) is 0.341. The number of hydrogen-bond donors (Lipinski definition) is 1. The molecule has 7 heteroatoms. The van der Waals surface area contributed by atoms with Crippen molar-refractivity contribution < 1.29 is 24.3 Å². The zero-order valence-electron chi connectivity index (χ0n) is 22.3. The lowest BCUT2D eigenvalue weighted by Crippen LogP contribution is -2.57. The number of aliphatic hydroxyl groups is 1. The number of aliphatic hydroxyl groups excluding tert-OH is 1. The van der Waals surface area contributed by atoms with Gasteiger partial charge in [-0.3, -0.25) is 24.1 Å². The first-order valence-electron chi connectivity index (χ1n) is 13.7. The maximum Gasteiger partial charge on any atom is 0.300 e. The molecule has 6 rings (SSSR count). The predicted molar refractivity (Wildman–Crippen MR) is 146 cm³/mol. The average molecular weight is 525 g/mol. The van der Waals surface area contributed by atoms with E-state index in [0.717, 1.165) is 32.1 Å². The summed E-state index contributed by atoms with van der Waals surface area (Å²) in [4.78, 5) is 59.8. The van der Waals surface area contributed by atoms with Gasteiger partial charge in [0.25, 0.3) is 11.7 Å². The van der Waals surface area contributed by atoms with Gasteiger partial charge in [0.2, 0.25) is 0 Å². The second kappa shape index (κ2) is 9.04. The Labute approximate surface area is 227 Å². The second-order valence-corrected chi connectivity index (χ2v) is 11.8. The van der Waals surface area contributed by atoms with E-state index in [1.807, 2.05) is 13.8 Å². The van der Waals surface area contributed by atoms with Crippen molar-refractivity contribution in [3.63, 3.8) is 0 Å². The second-order valence-electron chi connectivity index (χ2n) is 11.8.